The number of hydrogen-bond donors (Lipinski definition) is 1. The Morgan fingerprint density at radius 3 is 2.79 bits per heavy atom. The molecule has 8 heteroatoms. The van der Waals surface area contributed by atoms with E-state index >= 15 is 0 Å². The van der Waals surface area contributed by atoms with Gasteiger partial charge in [-0.15, -0.1) is 5.10 Å². The fourth-order valence-electron chi connectivity index (χ4n) is 3.92. The zero-order valence-electron chi connectivity index (χ0n) is 18.8. The topological polar surface area (TPSA) is 77.6 Å². The third kappa shape index (κ3) is 4.16. The monoisotopic (exact) mass is 444 g/mol. The molecule has 1 saturated carbocycles. The van der Waals surface area contributed by atoms with Crippen LogP contribution in [-0.2, 0) is 0 Å². The van der Waals surface area contributed by atoms with E-state index in [0.717, 1.165) is 41.2 Å². The van der Waals surface area contributed by atoms with Gasteiger partial charge in [0.2, 0.25) is 0 Å². The van der Waals surface area contributed by atoms with Gasteiger partial charge in [-0.1, -0.05) is 25.1 Å². The first kappa shape index (κ1) is 21.1. The summed E-state index contributed by atoms with van der Waals surface area (Å²) in [6, 6.07) is 10.2. The van der Waals surface area contributed by atoms with Gasteiger partial charge in [0.15, 0.2) is 0 Å². The maximum atomic E-state index is 14.8. The number of anilines is 1. The smallest absolute Gasteiger partial charge is 0.258 e. The summed E-state index contributed by atoms with van der Waals surface area (Å²) in [5.74, 6) is -0.327. The number of rotatable bonds is 6. The minimum Gasteiger partial charge on any atom is -0.322 e. The van der Waals surface area contributed by atoms with E-state index in [4.69, 9.17) is 0 Å². The standard InChI is InChI=1S/C25H25FN6O/c1-15(2)24-12-28-30-32(24)19-6-4-5-18(10-19)29-25(33)20-11-23(16(3)9-21(20)26)31-13-22(27-14-31)17-7-8-17/h4-6,9-15,17H,7-8H2,1-3H3,(H,29,33). The zero-order chi connectivity index (χ0) is 23.1. The average molecular weight is 445 g/mol. The molecule has 1 N–H and O–H groups in total. The van der Waals surface area contributed by atoms with E-state index < -0.39 is 11.7 Å². The summed E-state index contributed by atoms with van der Waals surface area (Å²) >= 11 is 0. The second kappa shape index (κ2) is 8.27. The Bertz CT molecular complexity index is 1330. The van der Waals surface area contributed by atoms with Gasteiger partial charge in [-0.25, -0.2) is 14.1 Å². The highest BCUT2D eigenvalue weighted by Crippen LogP contribution is 2.39. The fourth-order valence-corrected chi connectivity index (χ4v) is 3.92. The van der Waals surface area contributed by atoms with Crippen molar-refractivity contribution in [2.45, 2.75) is 45.4 Å². The van der Waals surface area contributed by atoms with Crippen LogP contribution in [0.3, 0.4) is 0 Å². The molecule has 33 heavy (non-hydrogen) atoms. The van der Waals surface area contributed by atoms with Crippen LogP contribution in [0.1, 0.15) is 65.8 Å². The van der Waals surface area contributed by atoms with Crippen molar-refractivity contribution in [1.82, 2.24) is 24.5 Å². The van der Waals surface area contributed by atoms with E-state index in [1.54, 1.807) is 35.4 Å². The molecular formula is C25H25FN6O. The molecule has 2 aromatic heterocycles. The quantitative estimate of drug-likeness (QED) is 0.446. The number of amides is 1. The number of benzene rings is 2. The van der Waals surface area contributed by atoms with E-state index in [1.165, 1.54) is 6.07 Å². The first-order valence-corrected chi connectivity index (χ1v) is 11.1. The molecule has 0 radical (unpaired) electrons. The highest BCUT2D eigenvalue weighted by molar-refractivity contribution is 6.05. The van der Waals surface area contributed by atoms with Gasteiger partial charge >= 0.3 is 0 Å². The molecule has 0 unspecified atom stereocenters. The number of nitrogens with zero attached hydrogens (tertiary/aromatic N) is 5. The van der Waals surface area contributed by atoms with Crippen LogP contribution in [0.25, 0.3) is 11.4 Å². The maximum absolute atomic E-state index is 14.8. The van der Waals surface area contributed by atoms with Crippen molar-refractivity contribution in [3.8, 4) is 11.4 Å². The van der Waals surface area contributed by atoms with Crippen molar-refractivity contribution in [2.24, 2.45) is 0 Å². The van der Waals surface area contributed by atoms with Crippen LogP contribution in [0.4, 0.5) is 10.1 Å². The number of aromatic nitrogens is 5. The number of hydrogen-bond acceptors (Lipinski definition) is 4. The number of carbonyl (C=O) groups is 1. The predicted molar refractivity (Wildman–Crippen MR) is 124 cm³/mol. The number of halogens is 1. The Morgan fingerprint density at radius 2 is 2.03 bits per heavy atom. The third-order valence-corrected chi connectivity index (χ3v) is 5.92. The van der Waals surface area contributed by atoms with E-state index in [2.05, 4.69) is 34.5 Å². The molecule has 4 aromatic rings. The Balaban J connectivity index is 1.42. The minimum absolute atomic E-state index is 0.0219. The fraction of sp³-hybridized carbons (Fsp3) is 0.280. The Labute approximate surface area is 191 Å². The van der Waals surface area contributed by atoms with Crippen molar-refractivity contribution in [1.29, 1.82) is 0 Å². The molecule has 0 spiro atoms. The van der Waals surface area contributed by atoms with Gasteiger partial charge in [-0.05, 0) is 61.6 Å². The summed E-state index contributed by atoms with van der Waals surface area (Å²) in [6.45, 7) is 5.95. The van der Waals surface area contributed by atoms with Crippen molar-refractivity contribution >= 4 is 11.6 Å². The van der Waals surface area contributed by atoms with E-state index in [9.17, 15) is 9.18 Å². The van der Waals surface area contributed by atoms with Crippen LogP contribution < -0.4 is 5.32 Å². The minimum atomic E-state index is -0.564. The SMILES string of the molecule is Cc1cc(F)c(C(=O)Nc2cccc(-n3nncc3C(C)C)c2)cc1-n1cnc(C2CC2)c1. The normalized spacial score (nSPS) is 13.5. The van der Waals surface area contributed by atoms with Crippen LogP contribution in [-0.4, -0.2) is 30.5 Å². The van der Waals surface area contributed by atoms with Crippen molar-refractivity contribution in [3.63, 3.8) is 0 Å². The molecule has 1 aliphatic rings. The van der Waals surface area contributed by atoms with Gasteiger partial charge in [0, 0.05) is 17.8 Å². The second-order valence-electron chi connectivity index (χ2n) is 8.83. The third-order valence-electron chi connectivity index (χ3n) is 5.92. The van der Waals surface area contributed by atoms with Gasteiger partial charge in [0.05, 0.1) is 40.9 Å². The summed E-state index contributed by atoms with van der Waals surface area (Å²) in [7, 11) is 0. The lowest BCUT2D eigenvalue weighted by Gasteiger charge is -2.13. The lowest BCUT2D eigenvalue weighted by Crippen LogP contribution is -2.15. The lowest BCUT2D eigenvalue weighted by molar-refractivity contribution is 0.102. The van der Waals surface area contributed by atoms with Gasteiger partial charge in [0.1, 0.15) is 5.82 Å². The molecule has 0 saturated heterocycles. The van der Waals surface area contributed by atoms with Gasteiger partial charge in [0.25, 0.3) is 5.91 Å². The predicted octanol–water partition coefficient (Wildman–Crippen LogP) is 5.15. The molecule has 168 valence electrons. The van der Waals surface area contributed by atoms with Crippen LogP contribution >= 0.6 is 0 Å². The molecule has 2 heterocycles. The summed E-state index contributed by atoms with van der Waals surface area (Å²) in [5, 5.41) is 11.0. The zero-order valence-corrected chi connectivity index (χ0v) is 18.8. The molecule has 0 atom stereocenters. The van der Waals surface area contributed by atoms with Crippen LogP contribution in [0.15, 0.2) is 55.1 Å². The van der Waals surface area contributed by atoms with Crippen molar-refractivity contribution < 1.29 is 9.18 Å². The molecule has 1 aliphatic carbocycles. The largest absolute Gasteiger partial charge is 0.322 e. The van der Waals surface area contributed by atoms with Crippen LogP contribution in [0.2, 0.25) is 0 Å². The van der Waals surface area contributed by atoms with E-state index in [1.807, 2.05) is 29.8 Å². The average Bonchev–Trinajstić information content (AvgIpc) is 3.31. The molecule has 1 amide bonds. The van der Waals surface area contributed by atoms with Crippen LogP contribution in [0.5, 0.6) is 0 Å². The second-order valence-corrected chi connectivity index (χ2v) is 8.83. The Morgan fingerprint density at radius 1 is 1.21 bits per heavy atom. The van der Waals surface area contributed by atoms with E-state index in [-0.39, 0.29) is 11.5 Å². The van der Waals surface area contributed by atoms with Gasteiger partial charge in [-0.3, -0.25) is 4.79 Å². The van der Waals surface area contributed by atoms with Crippen LogP contribution in [0, 0.1) is 12.7 Å². The number of carbonyl (C=O) groups excluding carboxylic acids is 1. The molecule has 7 nitrogen and oxygen atoms in total. The summed E-state index contributed by atoms with van der Waals surface area (Å²) < 4.78 is 18.4. The van der Waals surface area contributed by atoms with Crippen molar-refractivity contribution in [3.05, 3.63) is 83.5 Å². The lowest BCUT2D eigenvalue weighted by atomic mass is 10.1. The highest BCUT2D eigenvalue weighted by atomic mass is 19.1. The maximum Gasteiger partial charge on any atom is 0.258 e. The van der Waals surface area contributed by atoms with E-state index in [0.29, 0.717) is 11.6 Å². The molecule has 5 rings (SSSR count). The Hall–Kier alpha value is -3.81. The number of imidazole rings is 1. The molecule has 0 bridgehead atoms. The highest BCUT2D eigenvalue weighted by Gasteiger charge is 2.26. The molecular weight excluding hydrogens is 419 g/mol. The van der Waals surface area contributed by atoms with Gasteiger partial charge in [-0.2, -0.15) is 0 Å². The molecule has 1 fully saturated rings. The number of aryl methyl sites for hydroxylation is 1. The van der Waals surface area contributed by atoms with Gasteiger partial charge < -0.3 is 9.88 Å². The first-order valence-electron chi connectivity index (χ1n) is 11.1. The molecule has 2 aromatic carbocycles. The number of nitrogens with one attached hydrogen (secondary N) is 1. The summed E-state index contributed by atoms with van der Waals surface area (Å²) in [6.07, 6.45) is 7.72. The first-order chi connectivity index (χ1) is 15.9. The Kier molecular flexibility index (Phi) is 5.28. The molecule has 0 aliphatic heterocycles. The summed E-state index contributed by atoms with van der Waals surface area (Å²) in [4.78, 5) is 17.5. The summed E-state index contributed by atoms with van der Waals surface area (Å²) in [5.41, 5.74) is 4.75. The van der Waals surface area contributed by atoms with Crippen molar-refractivity contribution in [2.75, 3.05) is 5.32 Å².